The van der Waals surface area contributed by atoms with Crippen LogP contribution in [0.1, 0.15) is 79.1 Å². The summed E-state index contributed by atoms with van der Waals surface area (Å²) >= 11 is 0. The van der Waals surface area contributed by atoms with Gasteiger partial charge in [0, 0.05) is 34.9 Å². The Bertz CT molecular complexity index is 130. The summed E-state index contributed by atoms with van der Waals surface area (Å²) in [6.45, 7) is 11.1. The zero-order valence-corrected chi connectivity index (χ0v) is 14.7. The predicted octanol–water partition coefficient (Wildman–Crippen LogP) is 5.43. The molecule has 0 fully saturated rings. The summed E-state index contributed by atoms with van der Waals surface area (Å²) in [4.78, 5) is 0. The van der Waals surface area contributed by atoms with Crippen molar-refractivity contribution in [3.63, 3.8) is 0 Å². The van der Waals surface area contributed by atoms with E-state index in [1.54, 1.807) is 0 Å². The first kappa shape index (κ1) is 21.0. The minimum absolute atomic E-state index is 0. The van der Waals surface area contributed by atoms with Gasteiger partial charge in [0.15, 0.2) is 0 Å². The van der Waals surface area contributed by atoms with E-state index >= 15 is 0 Å². The van der Waals surface area contributed by atoms with Gasteiger partial charge in [0.2, 0.25) is 0 Å². The first-order valence-corrected chi connectivity index (χ1v) is 7.70. The van der Waals surface area contributed by atoms with Gasteiger partial charge in [0.05, 0.1) is 0 Å². The second-order valence-corrected chi connectivity index (χ2v) is 6.10. The Morgan fingerprint density at radius 1 is 0.611 bits per heavy atom. The van der Waals surface area contributed by atoms with Gasteiger partial charge in [-0.2, -0.15) is 0 Å². The molecule has 108 valence electrons. The zero-order chi connectivity index (χ0) is 12.9. The van der Waals surface area contributed by atoms with E-state index in [9.17, 15) is 0 Å². The van der Waals surface area contributed by atoms with Crippen LogP contribution in [-0.4, -0.2) is 13.2 Å². The maximum absolute atomic E-state index is 5.65. The maximum Gasteiger partial charge on any atom is 0.0466 e. The van der Waals surface area contributed by atoms with Gasteiger partial charge >= 0.3 is 0 Å². The Labute approximate surface area is 130 Å². The predicted molar refractivity (Wildman–Crippen MR) is 77.4 cm³/mol. The number of hydrogen-bond donors (Lipinski definition) is 0. The first-order chi connectivity index (χ1) is 8.13. The summed E-state index contributed by atoms with van der Waals surface area (Å²) in [5.74, 6) is 1.72. The molecule has 0 bridgehead atoms. The molecule has 0 unspecified atom stereocenters. The van der Waals surface area contributed by atoms with E-state index in [1.165, 1.54) is 51.4 Å². The molecular weight excluding hydrogens is 256 g/mol. The number of unbranched alkanes of at least 4 members (excludes halogenated alkanes) is 4. The van der Waals surface area contributed by atoms with Crippen molar-refractivity contribution in [1.29, 1.82) is 0 Å². The summed E-state index contributed by atoms with van der Waals surface area (Å²) in [6, 6.07) is 0. The van der Waals surface area contributed by atoms with Crippen LogP contribution in [0.4, 0.5) is 0 Å². The normalized spacial score (nSPS) is 11.0. The molecule has 0 aromatic heterocycles. The molecule has 1 nitrogen and oxygen atoms in total. The molecule has 0 aromatic rings. The van der Waals surface area contributed by atoms with Crippen LogP contribution in [0.3, 0.4) is 0 Å². The van der Waals surface area contributed by atoms with Crippen LogP contribution in [0.5, 0.6) is 0 Å². The van der Waals surface area contributed by atoms with Crippen LogP contribution in [0.15, 0.2) is 0 Å². The van der Waals surface area contributed by atoms with Crippen molar-refractivity contribution in [2.75, 3.05) is 13.2 Å². The van der Waals surface area contributed by atoms with E-state index in [4.69, 9.17) is 4.74 Å². The topological polar surface area (TPSA) is 9.23 Å². The van der Waals surface area contributed by atoms with Gasteiger partial charge < -0.3 is 4.74 Å². The van der Waals surface area contributed by atoms with Gasteiger partial charge in [-0.1, -0.05) is 66.2 Å². The Kier molecular flexibility index (Phi) is 18.3. The van der Waals surface area contributed by atoms with Crippen molar-refractivity contribution < 1.29 is 26.5 Å². The molecule has 0 aliphatic carbocycles. The van der Waals surface area contributed by atoms with Gasteiger partial charge in [0.1, 0.15) is 0 Å². The third-order valence-corrected chi connectivity index (χ3v) is 3.14. The van der Waals surface area contributed by atoms with Crippen LogP contribution >= 0.6 is 0 Å². The number of rotatable bonds is 12. The molecule has 0 spiro atoms. The van der Waals surface area contributed by atoms with Crippen molar-refractivity contribution in [2.24, 2.45) is 11.8 Å². The summed E-state index contributed by atoms with van der Waals surface area (Å²) in [5.41, 5.74) is 0. The molecule has 0 aliphatic heterocycles. The quantitative estimate of drug-likeness (QED) is 0.344. The van der Waals surface area contributed by atoms with Crippen LogP contribution < -0.4 is 0 Å². The molecule has 0 amide bonds. The molecule has 0 radical (unpaired) electrons. The summed E-state index contributed by atoms with van der Waals surface area (Å²) < 4.78 is 5.65. The fraction of sp³-hybridized carbons (Fsp3) is 1.00. The van der Waals surface area contributed by atoms with E-state index in [-0.39, 0.29) is 21.7 Å². The Morgan fingerprint density at radius 3 is 1.33 bits per heavy atom. The van der Waals surface area contributed by atoms with Crippen LogP contribution in [-0.2, 0) is 26.5 Å². The second kappa shape index (κ2) is 15.7. The van der Waals surface area contributed by atoms with Crippen molar-refractivity contribution in [3.8, 4) is 0 Å². The molecule has 18 heavy (non-hydrogen) atoms. The third-order valence-electron chi connectivity index (χ3n) is 3.14. The summed E-state index contributed by atoms with van der Waals surface area (Å²) in [6.07, 6.45) is 10.7. The Hall–Kier alpha value is 0.674. The average molecular weight is 290 g/mol. The van der Waals surface area contributed by atoms with Crippen molar-refractivity contribution in [3.05, 3.63) is 0 Å². The zero-order valence-electron chi connectivity index (χ0n) is 13.1. The van der Waals surface area contributed by atoms with Gasteiger partial charge in [-0.3, -0.25) is 0 Å². The smallest absolute Gasteiger partial charge is 0.0466 e. The van der Waals surface area contributed by atoms with E-state index in [1.807, 2.05) is 0 Å². The fourth-order valence-corrected chi connectivity index (χ4v) is 1.97. The van der Waals surface area contributed by atoms with Gasteiger partial charge in [0.25, 0.3) is 0 Å². The molecule has 0 saturated carbocycles. The van der Waals surface area contributed by atoms with Crippen molar-refractivity contribution in [2.45, 2.75) is 79.1 Å². The maximum atomic E-state index is 5.65. The average Bonchev–Trinajstić information content (AvgIpc) is 2.25. The molecule has 0 heterocycles. The molecule has 0 N–H and O–H groups in total. The molecule has 0 rings (SSSR count). The Balaban J connectivity index is 0. The van der Waals surface area contributed by atoms with Crippen LogP contribution in [0.2, 0.25) is 0 Å². The van der Waals surface area contributed by atoms with E-state index in [2.05, 4.69) is 27.7 Å². The minimum atomic E-state index is 0. The molecule has 0 saturated heterocycles. The van der Waals surface area contributed by atoms with E-state index in [0.29, 0.717) is 0 Å². The van der Waals surface area contributed by atoms with Crippen molar-refractivity contribution in [1.82, 2.24) is 0 Å². The summed E-state index contributed by atoms with van der Waals surface area (Å²) in [5, 5.41) is 0. The van der Waals surface area contributed by atoms with E-state index in [0.717, 1.165) is 25.0 Å². The van der Waals surface area contributed by atoms with Gasteiger partial charge in [-0.15, -0.1) is 0 Å². The van der Waals surface area contributed by atoms with Gasteiger partial charge in [-0.25, -0.2) is 0 Å². The minimum Gasteiger partial charge on any atom is -0.381 e. The van der Waals surface area contributed by atoms with E-state index < -0.39 is 0 Å². The molecule has 0 aromatic carbocycles. The molecule has 0 aliphatic rings. The summed E-state index contributed by atoms with van der Waals surface area (Å²) in [7, 11) is 0. The standard InChI is InChI=1S/C16H34O.Ti/c1-15(2)11-7-5-9-13-17-14-10-6-8-12-16(3)4;/h15-16H,5-14H2,1-4H3;. The SMILES string of the molecule is CC(C)CCCCCOCCCCCC(C)C.[Ti]. The molecular formula is C16H34OTi. The van der Waals surface area contributed by atoms with Crippen LogP contribution in [0, 0.1) is 11.8 Å². The Morgan fingerprint density at radius 2 is 1.00 bits per heavy atom. The second-order valence-electron chi connectivity index (χ2n) is 6.10. The first-order valence-electron chi connectivity index (χ1n) is 7.70. The number of ether oxygens (including phenoxy) is 1. The fourth-order valence-electron chi connectivity index (χ4n) is 1.97. The van der Waals surface area contributed by atoms with Crippen molar-refractivity contribution >= 4 is 0 Å². The third kappa shape index (κ3) is 19.0. The molecule has 0 atom stereocenters. The molecule has 2 heteroatoms. The largest absolute Gasteiger partial charge is 0.381 e. The monoisotopic (exact) mass is 290 g/mol. The van der Waals surface area contributed by atoms with Crippen LogP contribution in [0.25, 0.3) is 0 Å². The van der Waals surface area contributed by atoms with Gasteiger partial charge in [-0.05, 0) is 24.7 Å². The number of hydrogen-bond acceptors (Lipinski definition) is 1.